The number of ketones is 1. The van der Waals surface area contributed by atoms with Gasteiger partial charge < -0.3 is 14.2 Å². The summed E-state index contributed by atoms with van der Waals surface area (Å²) in [6.45, 7) is 15.8. The van der Waals surface area contributed by atoms with Gasteiger partial charge in [-0.15, -0.1) is 11.8 Å². The van der Waals surface area contributed by atoms with Gasteiger partial charge in [0.25, 0.3) is 0 Å². The largest absolute Gasteiger partial charge is 0.507 e. The second-order valence-corrected chi connectivity index (χ2v) is 12.2. The lowest BCUT2D eigenvalue weighted by atomic mass is 9.79. The first-order valence-corrected chi connectivity index (χ1v) is 12.4. The molecule has 0 heterocycles. The Morgan fingerprint density at radius 1 is 1.04 bits per heavy atom. The highest BCUT2D eigenvalue weighted by Crippen LogP contribution is 2.47. The number of thioether (sulfide) groups is 1. The summed E-state index contributed by atoms with van der Waals surface area (Å²) in [7, 11) is -3.18. The van der Waals surface area contributed by atoms with Gasteiger partial charge >= 0.3 is 7.60 Å². The molecule has 1 aromatic carbocycles. The number of benzene rings is 1. The second kappa shape index (κ2) is 9.80. The highest BCUT2D eigenvalue weighted by Gasteiger charge is 2.27. The average Bonchev–Trinajstić information content (AvgIpc) is 2.57. The number of rotatable bonds is 9. The van der Waals surface area contributed by atoms with Crippen molar-refractivity contribution in [3.63, 3.8) is 0 Å². The molecular weight excluding hydrogens is 395 g/mol. The van der Waals surface area contributed by atoms with Crippen molar-refractivity contribution < 1.29 is 23.5 Å². The highest BCUT2D eigenvalue weighted by atomic mass is 32.2. The summed E-state index contributed by atoms with van der Waals surface area (Å²) in [5, 5.41) is 10.8. The Hall–Kier alpha value is -0.810. The fourth-order valence-corrected chi connectivity index (χ4v) is 4.61. The number of aromatic hydroxyl groups is 1. The first-order valence-electron chi connectivity index (χ1n) is 9.64. The molecule has 0 fully saturated rings. The fraction of sp³-hybridized carbons (Fsp3) is 0.667. The molecule has 5 nitrogen and oxygen atoms in total. The molecule has 0 radical (unpaired) electrons. The summed E-state index contributed by atoms with van der Waals surface area (Å²) in [4.78, 5) is 13.2. The predicted octanol–water partition coefficient (Wildman–Crippen LogP) is 5.91. The highest BCUT2D eigenvalue weighted by molar-refractivity contribution is 8.00. The van der Waals surface area contributed by atoms with Crippen molar-refractivity contribution in [2.75, 3.05) is 25.1 Å². The topological polar surface area (TPSA) is 72.8 Å². The first-order chi connectivity index (χ1) is 12.7. The zero-order valence-electron chi connectivity index (χ0n) is 18.4. The molecule has 1 N–H and O–H groups in total. The quantitative estimate of drug-likeness (QED) is 0.388. The van der Waals surface area contributed by atoms with Crippen LogP contribution in [-0.2, 0) is 29.2 Å². The van der Waals surface area contributed by atoms with Crippen LogP contribution in [0, 0.1) is 0 Å². The number of hydrogen-bond acceptors (Lipinski definition) is 6. The Morgan fingerprint density at radius 3 is 1.93 bits per heavy atom. The Balaban J connectivity index is 2.95. The summed E-state index contributed by atoms with van der Waals surface area (Å²) in [6.07, 6.45) is 0.239. The summed E-state index contributed by atoms with van der Waals surface area (Å²) in [5.74, 6) is 0.369. The van der Waals surface area contributed by atoms with Gasteiger partial charge in [-0.25, -0.2) is 0 Å². The van der Waals surface area contributed by atoms with Gasteiger partial charge in [0.15, 0.2) is 5.78 Å². The van der Waals surface area contributed by atoms with E-state index in [1.807, 2.05) is 12.1 Å². The van der Waals surface area contributed by atoms with Crippen LogP contribution in [0.25, 0.3) is 0 Å². The fourth-order valence-electron chi connectivity index (χ4n) is 2.63. The SMILES string of the molecule is CCOP(=O)(CC)OCC(=O)CSc1cc(C(C)(C)C)c(O)c(C(C)(C)C)c1. The van der Waals surface area contributed by atoms with Crippen molar-refractivity contribution in [1.29, 1.82) is 0 Å². The van der Waals surface area contributed by atoms with Crippen molar-refractivity contribution >= 4 is 25.1 Å². The van der Waals surface area contributed by atoms with Crippen molar-refractivity contribution in [1.82, 2.24) is 0 Å². The van der Waals surface area contributed by atoms with Crippen LogP contribution < -0.4 is 0 Å². The normalized spacial score (nSPS) is 14.7. The molecule has 0 bridgehead atoms. The van der Waals surface area contributed by atoms with Crippen molar-refractivity contribution in [3.8, 4) is 5.75 Å². The van der Waals surface area contributed by atoms with E-state index in [2.05, 4.69) is 41.5 Å². The van der Waals surface area contributed by atoms with Crippen LogP contribution in [0.4, 0.5) is 0 Å². The number of hydrogen-bond donors (Lipinski definition) is 1. The summed E-state index contributed by atoms with van der Waals surface area (Å²) < 4.78 is 22.7. The summed E-state index contributed by atoms with van der Waals surface area (Å²) in [6, 6.07) is 3.89. The maximum atomic E-state index is 12.3. The lowest BCUT2D eigenvalue weighted by Gasteiger charge is -2.28. The number of phenolic OH excluding ortho intramolecular Hbond substituents is 1. The van der Waals surface area contributed by atoms with Gasteiger partial charge in [-0.1, -0.05) is 48.5 Å². The molecule has 1 unspecified atom stereocenters. The van der Waals surface area contributed by atoms with Crippen LogP contribution in [0.15, 0.2) is 17.0 Å². The molecule has 0 spiro atoms. The van der Waals surface area contributed by atoms with E-state index in [-0.39, 0.29) is 41.7 Å². The molecule has 0 aliphatic heterocycles. The summed E-state index contributed by atoms with van der Waals surface area (Å²) in [5.41, 5.74) is 1.27. The van der Waals surface area contributed by atoms with Crippen LogP contribution in [0.3, 0.4) is 0 Å². The standard InChI is InChI=1S/C21H35O5PS/c1-9-25-27(24,10-2)26-13-15(22)14-28-16-11-17(20(3,4)5)19(23)18(12-16)21(6,7)8/h11-12,23H,9-10,13-14H2,1-8H3. The molecule has 1 rings (SSSR count). The molecule has 7 heteroatoms. The van der Waals surface area contributed by atoms with Crippen LogP contribution in [0.5, 0.6) is 5.75 Å². The maximum absolute atomic E-state index is 12.3. The zero-order chi connectivity index (χ0) is 21.8. The van der Waals surface area contributed by atoms with Gasteiger partial charge in [-0.05, 0) is 29.9 Å². The molecule has 1 atom stereocenters. The minimum atomic E-state index is -3.18. The smallest absolute Gasteiger partial charge is 0.330 e. The van der Waals surface area contributed by atoms with E-state index in [9.17, 15) is 14.5 Å². The molecule has 0 saturated heterocycles. The van der Waals surface area contributed by atoms with Crippen LogP contribution in [-0.4, -0.2) is 36.0 Å². The van der Waals surface area contributed by atoms with Crippen LogP contribution >= 0.6 is 19.4 Å². The lowest BCUT2D eigenvalue weighted by molar-refractivity contribution is -0.118. The molecule has 1 aromatic rings. The average molecular weight is 431 g/mol. The first kappa shape index (κ1) is 25.2. The Bertz CT molecular complexity index is 696. The number of carbonyl (C=O) groups is 1. The van der Waals surface area contributed by atoms with Gasteiger partial charge in [-0.2, -0.15) is 0 Å². The van der Waals surface area contributed by atoms with E-state index >= 15 is 0 Å². The van der Waals surface area contributed by atoms with E-state index in [1.54, 1.807) is 13.8 Å². The summed E-state index contributed by atoms with van der Waals surface area (Å²) >= 11 is 1.40. The molecular formula is C21H35O5PS. The minimum Gasteiger partial charge on any atom is -0.507 e. The Kier molecular flexibility index (Phi) is 8.82. The molecule has 0 aromatic heterocycles. The third-order valence-corrected chi connectivity index (χ3v) is 7.22. The minimum absolute atomic E-state index is 0.152. The monoisotopic (exact) mass is 430 g/mol. The van der Waals surface area contributed by atoms with Crippen LogP contribution in [0.2, 0.25) is 0 Å². The van der Waals surface area contributed by atoms with E-state index in [0.29, 0.717) is 5.75 Å². The van der Waals surface area contributed by atoms with E-state index in [4.69, 9.17) is 9.05 Å². The molecule has 0 saturated carbocycles. The second-order valence-electron chi connectivity index (χ2n) is 8.81. The van der Waals surface area contributed by atoms with Gasteiger partial charge in [0.05, 0.1) is 12.4 Å². The van der Waals surface area contributed by atoms with Crippen molar-refractivity contribution in [2.24, 2.45) is 0 Å². The zero-order valence-corrected chi connectivity index (χ0v) is 20.1. The number of carbonyl (C=O) groups excluding carboxylic acids is 1. The number of Topliss-reactive ketones (excluding diaryl/α,β-unsaturated/α-hetero) is 1. The third kappa shape index (κ3) is 7.22. The van der Waals surface area contributed by atoms with Gasteiger partial charge in [-0.3, -0.25) is 9.36 Å². The Labute approximate surface area is 174 Å². The predicted molar refractivity (Wildman–Crippen MR) is 117 cm³/mol. The van der Waals surface area contributed by atoms with E-state index in [0.717, 1.165) is 16.0 Å². The van der Waals surface area contributed by atoms with Gasteiger partial charge in [0, 0.05) is 22.2 Å². The Morgan fingerprint density at radius 2 is 1.54 bits per heavy atom. The van der Waals surface area contributed by atoms with E-state index in [1.165, 1.54) is 11.8 Å². The van der Waals surface area contributed by atoms with Gasteiger partial charge in [0.2, 0.25) is 0 Å². The van der Waals surface area contributed by atoms with Crippen LogP contribution in [0.1, 0.15) is 66.5 Å². The molecule has 0 aliphatic carbocycles. The molecule has 0 amide bonds. The van der Waals surface area contributed by atoms with Crippen molar-refractivity contribution in [2.45, 2.75) is 71.1 Å². The lowest BCUT2D eigenvalue weighted by Crippen LogP contribution is -2.17. The molecule has 28 heavy (non-hydrogen) atoms. The third-order valence-electron chi connectivity index (χ3n) is 4.23. The molecule has 0 aliphatic rings. The van der Waals surface area contributed by atoms with E-state index < -0.39 is 7.60 Å². The van der Waals surface area contributed by atoms with Gasteiger partial charge in [0.1, 0.15) is 12.4 Å². The molecule has 160 valence electrons. The van der Waals surface area contributed by atoms with Crippen molar-refractivity contribution in [3.05, 3.63) is 23.3 Å². The number of phenols is 1. The maximum Gasteiger partial charge on any atom is 0.330 e.